The molecule has 4 rings (SSSR count). The molecule has 3 aliphatic carbocycles. The fourth-order valence-corrected chi connectivity index (χ4v) is 5.24. The third-order valence-electron chi connectivity index (χ3n) is 6.81. The van der Waals surface area contributed by atoms with E-state index >= 15 is 0 Å². The molecule has 5 heteroatoms. The smallest absolute Gasteiger partial charge is 0.226 e. The Bertz CT molecular complexity index is 649. The Balaban J connectivity index is 0.00000196. The van der Waals surface area contributed by atoms with Crippen molar-refractivity contribution in [1.29, 1.82) is 0 Å². The van der Waals surface area contributed by atoms with Crippen LogP contribution in [0.2, 0.25) is 0 Å². The van der Waals surface area contributed by atoms with Crippen molar-refractivity contribution >= 4 is 18.3 Å². The number of benzene rings is 1. The number of rotatable bonds is 7. The zero-order valence-electron chi connectivity index (χ0n) is 15.6. The maximum Gasteiger partial charge on any atom is 0.226 e. The summed E-state index contributed by atoms with van der Waals surface area (Å²) in [5.74, 6) is 2.96. The first kappa shape index (κ1) is 19.5. The molecular weight excluding hydrogens is 348 g/mol. The van der Waals surface area contributed by atoms with Gasteiger partial charge in [-0.3, -0.25) is 4.79 Å². The molecule has 0 spiro atoms. The maximum atomic E-state index is 13.3. The summed E-state index contributed by atoms with van der Waals surface area (Å²) in [6.07, 6.45) is 7.98. The van der Waals surface area contributed by atoms with Gasteiger partial charge in [-0.15, -0.1) is 12.4 Å². The molecule has 1 amide bonds. The molecule has 0 aliphatic heterocycles. The molecule has 0 radical (unpaired) electrons. The second kappa shape index (κ2) is 7.77. The van der Waals surface area contributed by atoms with E-state index in [1.165, 1.54) is 37.7 Å². The van der Waals surface area contributed by atoms with Crippen molar-refractivity contribution in [2.75, 3.05) is 13.7 Å². The van der Waals surface area contributed by atoms with Crippen molar-refractivity contribution in [3.63, 3.8) is 0 Å². The van der Waals surface area contributed by atoms with E-state index in [1.54, 1.807) is 7.11 Å². The number of methoxy groups -OCH3 is 1. The lowest BCUT2D eigenvalue weighted by Gasteiger charge is -2.37. The molecule has 0 saturated heterocycles. The van der Waals surface area contributed by atoms with Crippen molar-refractivity contribution in [1.82, 2.24) is 5.32 Å². The highest BCUT2D eigenvalue weighted by Gasteiger charge is 2.55. The standard InChI is InChI=1S/C21H30N2O2.ClH/c1-25-18-4-2-3-14(10-18)11-21(12-15-5-8-17(21)9-15)20(24)23-13-19(22)16-6-7-16;/h2-4,10,15-17,19H,5-9,11-13,22H2,1H3,(H,23,24);1H. The fourth-order valence-electron chi connectivity index (χ4n) is 5.24. The Morgan fingerprint density at radius 3 is 2.77 bits per heavy atom. The van der Waals surface area contributed by atoms with Crippen molar-refractivity contribution < 1.29 is 9.53 Å². The third-order valence-corrected chi connectivity index (χ3v) is 6.81. The number of halogens is 1. The zero-order chi connectivity index (χ0) is 17.4. The van der Waals surface area contributed by atoms with Gasteiger partial charge in [-0.05, 0) is 74.0 Å². The van der Waals surface area contributed by atoms with E-state index in [-0.39, 0.29) is 29.8 Å². The molecule has 4 nitrogen and oxygen atoms in total. The Labute approximate surface area is 162 Å². The van der Waals surface area contributed by atoms with E-state index in [2.05, 4.69) is 17.4 Å². The minimum atomic E-state index is -0.251. The monoisotopic (exact) mass is 378 g/mol. The number of fused-ring (bicyclic) bond motifs is 2. The van der Waals surface area contributed by atoms with Crippen LogP contribution in [-0.2, 0) is 11.2 Å². The van der Waals surface area contributed by atoms with Crippen molar-refractivity contribution in [2.24, 2.45) is 28.9 Å². The van der Waals surface area contributed by atoms with Gasteiger partial charge in [0.25, 0.3) is 0 Å². The number of amides is 1. The van der Waals surface area contributed by atoms with Crippen molar-refractivity contribution in [3.8, 4) is 5.75 Å². The van der Waals surface area contributed by atoms with Crippen LogP contribution in [0.25, 0.3) is 0 Å². The van der Waals surface area contributed by atoms with Gasteiger partial charge >= 0.3 is 0 Å². The maximum absolute atomic E-state index is 13.3. The van der Waals surface area contributed by atoms with Crippen LogP contribution in [0, 0.1) is 23.2 Å². The van der Waals surface area contributed by atoms with Gasteiger partial charge in [-0.1, -0.05) is 18.6 Å². The molecule has 1 aromatic rings. The summed E-state index contributed by atoms with van der Waals surface area (Å²) in [4.78, 5) is 13.3. The second-order valence-corrected chi connectivity index (χ2v) is 8.48. The fraction of sp³-hybridized carbons (Fsp3) is 0.667. The third kappa shape index (κ3) is 3.72. The van der Waals surface area contributed by atoms with Gasteiger partial charge < -0.3 is 15.8 Å². The van der Waals surface area contributed by atoms with Crippen LogP contribution < -0.4 is 15.8 Å². The SMILES string of the molecule is COc1cccc(CC2(C(=O)NCC(N)C3CC3)CC3CCC2C3)c1.Cl. The summed E-state index contributed by atoms with van der Waals surface area (Å²) in [6, 6.07) is 8.31. The lowest BCUT2D eigenvalue weighted by atomic mass is 9.68. The lowest BCUT2D eigenvalue weighted by molar-refractivity contribution is -0.134. The average molecular weight is 379 g/mol. The van der Waals surface area contributed by atoms with Crippen LogP contribution in [0.4, 0.5) is 0 Å². The Morgan fingerprint density at radius 2 is 2.15 bits per heavy atom. The predicted molar refractivity (Wildman–Crippen MR) is 106 cm³/mol. The van der Waals surface area contributed by atoms with E-state index in [9.17, 15) is 4.79 Å². The van der Waals surface area contributed by atoms with Gasteiger partial charge in [0.1, 0.15) is 5.75 Å². The molecule has 3 aliphatic rings. The van der Waals surface area contributed by atoms with E-state index in [4.69, 9.17) is 10.5 Å². The minimum Gasteiger partial charge on any atom is -0.497 e. The highest BCUT2D eigenvalue weighted by atomic mass is 35.5. The molecule has 3 N–H and O–H groups in total. The summed E-state index contributed by atoms with van der Waals surface area (Å²) in [7, 11) is 1.69. The Morgan fingerprint density at radius 1 is 1.35 bits per heavy atom. The van der Waals surface area contributed by atoms with Crippen LogP contribution in [0.5, 0.6) is 5.75 Å². The van der Waals surface area contributed by atoms with Gasteiger partial charge in [0, 0.05) is 12.6 Å². The van der Waals surface area contributed by atoms with E-state index < -0.39 is 0 Å². The number of carbonyl (C=O) groups is 1. The topological polar surface area (TPSA) is 64.3 Å². The predicted octanol–water partition coefficient (Wildman–Crippen LogP) is 3.32. The molecule has 4 atom stereocenters. The summed E-state index contributed by atoms with van der Waals surface area (Å²) < 4.78 is 5.37. The number of nitrogens with one attached hydrogen (secondary N) is 1. The number of nitrogens with two attached hydrogens (primary N) is 1. The average Bonchev–Trinajstić information content (AvgIpc) is 3.30. The van der Waals surface area contributed by atoms with E-state index in [0.29, 0.717) is 18.4 Å². The summed E-state index contributed by atoms with van der Waals surface area (Å²) in [6.45, 7) is 0.626. The van der Waals surface area contributed by atoms with Gasteiger partial charge in [0.2, 0.25) is 5.91 Å². The lowest BCUT2D eigenvalue weighted by Crippen LogP contribution is -2.49. The minimum absolute atomic E-state index is 0. The van der Waals surface area contributed by atoms with Gasteiger partial charge in [-0.2, -0.15) is 0 Å². The summed E-state index contributed by atoms with van der Waals surface area (Å²) in [5, 5.41) is 3.23. The largest absolute Gasteiger partial charge is 0.497 e. The van der Waals surface area contributed by atoms with Crippen LogP contribution in [0.15, 0.2) is 24.3 Å². The van der Waals surface area contributed by atoms with Gasteiger partial charge in [0.15, 0.2) is 0 Å². The normalized spacial score (nSPS) is 30.5. The van der Waals surface area contributed by atoms with Crippen molar-refractivity contribution in [3.05, 3.63) is 29.8 Å². The molecule has 1 aromatic carbocycles. The number of ether oxygens (including phenoxy) is 1. The molecule has 0 aromatic heterocycles. The highest BCUT2D eigenvalue weighted by molar-refractivity contribution is 5.85. The first-order chi connectivity index (χ1) is 12.1. The van der Waals surface area contributed by atoms with E-state index in [1.807, 2.05) is 12.1 Å². The molecule has 26 heavy (non-hydrogen) atoms. The van der Waals surface area contributed by atoms with E-state index in [0.717, 1.165) is 24.5 Å². The highest BCUT2D eigenvalue weighted by Crippen LogP contribution is 2.57. The van der Waals surface area contributed by atoms with Gasteiger partial charge in [-0.25, -0.2) is 0 Å². The molecule has 0 heterocycles. The van der Waals surface area contributed by atoms with Crippen LogP contribution in [-0.4, -0.2) is 25.6 Å². The Kier molecular flexibility index (Phi) is 5.83. The number of hydrogen-bond donors (Lipinski definition) is 2. The number of carbonyl (C=O) groups excluding carboxylic acids is 1. The molecule has 3 fully saturated rings. The first-order valence-electron chi connectivity index (χ1n) is 9.77. The Hall–Kier alpha value is -1.26. The van der Waals surface area contributed by atoms with Crippen LogP contribution >= 0.6 is 12.4 Å². The van der Waals surface area contributed by atoms with Crippen LogP contribution in [0.1, 0.15) is 44.1 Å². The van der Waals surface area contributed by atoms with Gasteiger partial charge in [0.05, 0.1) is 12.5 Å². The molecule has 4 unspecified atom stereocenters. The zero-order valence-corrected chi connectivity index (χ0v) is 16.4. The molecular formula is C21H31ClN2O2. The molecule has 3 saturated carbocycles. The summed E-state index contributed by atoms with van der Waals surface area (Å²) in [5.41, 5.74) is 7.16. The second-order valence-electron chi connectivity index (χ2n) is 8.48. The quantitative estimate of drug-likeness (QED) is 0.764. The van der Waals surface area contributed by atoms with Crippen LogP contribution in [0.3, 0.4) is 0 Å². The summed E-state index contributed by atoms with van der Waals surface area (Å²) >= 11 is 0. The molecule has 2 bridgehead atoms. The number of hydrogen-bond acceptors (Lipinski definition) is 3. The molecule has 144 valence electrons. The first-order valence-corrected chi connectivity index (χ1v) is 9.77. The van der Waals surface area contributed by atoms with Crippen molar-refractivity contribution in [2.45, 2.75) is 51.0 Å².